The number of alkyl halides is 6. The third-order valence-corrected chi connectivity index (χ3v) is 4.01. The van der Waals surface area contributed by atoms with Crippen molar-refractivity contribution >= 4 is 6.03 Å². The maximum Gasteiger partial charge on any atom is 0.416 e. The number of halogens is 6. The van der Waals surface area contributed by atoms with E-state index in [1.165, 1.54) is 4.90 Å². The molecule has 0 unspecified atom stereocenters. The minimum absolute atomic E-state index is 0.0441. The van der Waals surface area contributed by atoms with E-state index in [0.29, 0.717) is 38.1 Å². The van der Waals surface area contributed by atoms with E-state index in [1.807, 2.05) is 0 Å². The van der Waals surface area contributed by atoms with Crippen LogP contribution in [0.15, 0.2) is 18.2 Å². The summed E-state index contributed by atoms with van der Waals surface area (Å²) in [4.78, 5) is 13.4. The molecule has 1 heterocycles. The zero-order valence-corrected chi connectivity index (χ0v) is 14.7. The number of amides is 2. The number of carbonyl (C=O) groups is 1. The number of benzene rings is 1. The monoisotopic (exact) mass is 398 g/mol. The molecule has 0 radical (unpaired) electrons. The topological polar surface area (TPSA) is 41.6 Å². The van der Waals surface area contributed by atoms with Gasteiger partial charge in [-0.05, 0) is 32.0 Å². The highest BCUT2D eigenvalue weighted by Crippen LogP contribution is 2.38. The van der Waals surface area contributed by atoms with Crippen molar-refractivity contribution in [3.63, 3.8) is 0 Å². The van der Waals surface area contributed by atoms with Crippen molar-refractivity contribution in [3.05, 3.63) is 29.3 Å². The summed E-state index contributed by atoms with van der Waals surface area (Å²) in [6.45, 7) is 4.21. The van der Waals surface area contributed by atoms with Gasteiger partial charge in [-0.15, -0.1) is 0 Å². The summed E-state index contributed by atoms with van der Waals surface area (Å²) in [5, 5.41) is 2.72. The van der Waals surface area contributed by atoms with E-state index in [4.69, 9.17) is 4.74 Å². The Kier molecular flexibility index (Phi) is 6.16. The van der Waals surface area contributed by atoms with E-state index in [2.05, 4.69) is 5.32 Å². The summed E-state index contributed by atoms with van der Waals surface area (Å²) in [6.07, 6.45) is -9.79. The molecule has 2 amide bonds. The Morgan fingerprint density at radius 3 is 1.93 bits per heavy atom. The molecule has 4 nitrogen and oxygen atoms in total. The van der Waals surface area contributed by atoms with Gasteiger partial charge in [0, 0.05) is 32.0 Å². The summed E-state index contributed by atoms with van der Waals surface area (Å²) in [7, 11) is 0. The largest absolute Gasteiger partial charge is 0.490 e. The maximum atomic E-state index is 12.9. The van der Waals surface area contributed by atoms with Gasteiger partial charge in [-0.3, -0.25) is 0 Å². The van der Waals surface area contributed by atoms with Crippen LogP contribution in [0.5, 0.6) is 5.75 Å². The third kappa shape index (κ3) is 5.93. The van der Waals surface area contributed by atoms with Crippen molar-refractivity contribution in [1.82, 2.24) is 10.2 Å². The number of nitrogens with one attached hydrogen (secondary N) is 1. The lowest BCUT2D eigenvalue weighted by atomic mass is 10.1. The summed E-state index contributed by atoms with van der Waals surface area (Å²) in [5.74, 6) is -0.484. The molecule has 1 aliphatic rings. The van der Waals surface area contributed by atoms with Crippen LogP contribution in [0.2, 0.25) is 0 Å². The van der Waals surface area contributed by atoms with Crippen LogP contribution in [0.1, 0.15) is 37.8 Å². The second kappa shape index (κ2) is 7.85. The molecule has 1 aliphatic heterocycles. The van der Waals surface area contributed by atoms with Crippen LogP contribution in [-0.4, -0.2) is 36.2 Å². The quantitative estimate of drug-likeness (QED) is 0.751. The number of piperidine rings is 1. The van der Waals surface area contributed by atoms with Gasteiger partial charge in [-0.25, -0.2) is 4.79 Å². The number of hydrogen-bond acceptors (Lipinski definition) is 2. The Morgan fingerprint density at radius 1 is 1.04 bits per heavy atom. The smallest absolute Gasteiger partial charge is 0.416 e. The Hall–Kier alpha value is -2.13. The second-order valence-corrected chi connectivity index (χ2v) is 6.65. The number of rotatable bonds is 3. The Morgan fingerprint density at radius 2 is 1.52 bits per heavy atom. The molecule has 0 aromatic heterocycles. The van der Waals surface area contributed by atoms with E-state index < -0.39 is 35.3 Å². The first kappa shape index (κ1) is 21.2. The number of hydrogen-bond donors (Lipinski definition) is 1. The fourth-order valence-corrected chi connectivity index (χ4v) is 2.70. The molecule has 152 valence electrons. The predicted molar refractivity (Wildman–Crippen MR) is 85.3 cm³/mol. The van der Waals surface area contributed by atoms with Crippen LogP contribution in [0.3, 0.4) is 0 Å². The van der Waals surface area contributed by atoms with Gasteiger partial charge in [0.25, 0.3) is 0 Å². The molecule has 1 fully saturated rings. The second-order valence-electron chi connectivity index (χ2n) is 6.65. The standard InChI is InChI=1S/C17H20F6N2O2/c1-10(2)24-15(26)25-5-3-13(4-6-25)27-14-8-11(16(18,19)20)7-12(9-14)17(21,22)23/h7-10,13H,3-6H2,1-2H3,(H,24,26). The molecule has 1 aromatic carbocycles. The van der Waals surface area contributed by atoms with E-state index in [-0.39, 0.29) is 18.1 Å². The molecule has 1 saturated heterocycles. The van der Waals surface area contributed by atoms with Crippen LogP contribution in [0.4, 0.5) is 31.1 Å². The average molecular weight is 398 g/mol. The zero-order chi connectivity index (χ0) is 20.4. The van der Waals surface area contributed by atoms with Crippen molar-refractivity contribution in [3.8, 4) is 5.75 Å². The van der Waals surface area contributed by atoms with E-state index in [0.717, 1.165) is 0 Å². The Balaban J connectivity index is 2.08. The zero-order valence-electron chi connectivity index (χ0n) is 14.7. The normalized spacial score (nSPS) is 16.6. The summed E-state index contributed by atoms with van der Waals surface area (Å²) in [6, 6.07) is 0.880. The van der Waals surface area contributed by atoms with Crippen LogP contribution < -0.4 is 10.1 Å². The van der Waals surface area contributed by atoms with Gasteiger partial charge in [0.2, 0.25) is 0 Å². The molecule has 0 spiro atoms. The Labute approximate surface area is 152 Å². The minimum atomic E-state index is -4.92. The van der Waals surface area contributed by atoms with Crippen molar-refractivity contribution in [1.29, 1.82) is 0 Å². The van der Waals surface area contributed by atoms with Gasteiger partial charge in [0.1, 0.15) is 11.9 Å². The highest BCUT2D eigenvalue weighted by atomic mass is 19.4. The molecule has 2 rings (SSSR count). The van der Waals surface area contributed by atoms with Crippen molar-refractivity contribution in [2.45, 2.75) is 51.2 Å². The lowest BCUT2D eigenvalue weighted by Gasteiger charge is -2.33. The first-order valence-electron chi connectivity index (χ1n) is 8.38. The average Bonchev–Trinajstić information content (AvgIpc) is 2.53. The molecule has 10 heteroatoms. The molecule has 27 heavy (non-hydrogen) atoms. The van der Waals surface area contributed by atoms with Gasteiger partial charge >= 0.3 is 18.4 Å². The Bertz CT molecular complexity index is 632. The summed E-state index contributed by atoms with van der Waals surface area (Å²) >= 11 is 0. The van der Waals surface area contributed by atoms with E-state index in [1.54, 1.807) is 13.8 Å². The molecule has 1 N–H and O–H groups in total. The highest BCUT2D eigenvalue weighted by molar-refractivity contribution is 5.74. The lowest BCUT2D eigenvalue weighted by Crippen LogP contribution is -2.48. The van der Waals surface area contributed by atoms with Gasteiger partial charge in [0.15, 0.2) is 0 Å². The number of urea groups is 1. The van der Waals surface area contributed by atoms with Crippen LogP contribution in [-0.2, 0) is 12.4 Å². The molecule has 1 aromatic rings. The number of ether oxygens (including phenoxy) is 1. The van der Waals surface area contributed by atoms with Gasteiger partial charge < -0.3 is 15.0 Å². The first-order chi connectivity index (χ1) is 12.4. The fourth-order valence-electron chi connectivity index (χ4n) is 2.70. The number of carbonyl (C=O) groups excluding carboxylic acids is 1. The lowest BCUT2D eigenvalue weighted by molar-refractivity contribution is -0.143. The van der Waals surface area contributed by atoms with Crippen molar-refractivity contribution < 1.29 is 35.9 Å². The van der Waals surface area contributed by atoms with Gasteiger partial charge in [-0.2, -0.15) is 26.3 Å². The van der Waals surface area contributed by atoms with Crippen molar-refractivity contribution in [2.24, 2.45) is 0 Å². The molecule has 0 atom stereocenters. The van der Waals surface area contributed by atoms with E-state index in [9.17, 15) is 31.1 Å². The minimum Gasteiger partial charge on any atom is -0.490 e. The molecule has 0 aliphatic carbocycles. The van der Waals surface area contributed by atoms with Gasteiger partial charge in [-0.1, -0.05) is 0 Å². The molecule has 0 bridgehead atoms. The van der Waals surface area contributed by atoms with Crippen molar-refractivity contribution in [2.75, 3.05) is 13.1 Å². The fraction of sp³-hybridized carbons (Fsp3) is 0.588. The van der Waals surface area contributed by atoms with Crippen LogP contribution in [0, 0.1) is 0 Å². The summed E-state index contributed by atoms with van der Waals surface area (Å²) in [5.41, 5.74) is -2.83. The molecular weight excluding hydrogens is 378 g/mol. The highest BCUT2D eigenvalue weighted by Gasteiger charge is 2.37. The number of likely N-dealkylation sites (tertiary alicyclic amines) is 1. The maximum absolute atomic E-state index is 12.9. The molecule has 0 saturated carbocycles. The van der Waals surface area contributed by atoms with E-state index >= 15 is 0 Å². The SMILES string of the molecule is CC(C)NC(=O)N1CCC(Oc2cc(C(F)(F)F)cc(C(F)(F)F)c2)CC1. The molecular formula is C17H20F6N2O2. The van der Waals surface area contributed by atoms with Gasteiger partial charge in [0.05, 0.1) is 11.1 Å². The van der Waals surface area contributed by atoms with Crippen LogP contribution >= 0.6 is 0 Å². The third-order valence-electron chi connectivity index (χ3n) is 4.01. The number of nitrogens with zero attached hydrogens (tertiary/aromatic N) is 1. The summed E-state index contributed by atoms with van der Waals surface area (Å²) < 4.78 is 82.7. The first-order valence-corrected chi connectivity index (χ1v) is 8.38. The predicted octanol–water partition coefficient (Wildman–Crippen LogP) is 4.69. The van der Waals surface area contributed by atoms with Crippen LogP contribution in [0.25, 0.3) is 0 Å².